The average Bonchev–Trinajstić information content (AvgIpc) is 3.06. The summed E-state index contributed by atoms with van der Waals surface area (Å²) < 4.78 is 6.07. The zero-order valence-electron chi connectivity index (χ0n) is 15.7. The van der Waals surface area contributed by atoms with Gasteiger partial charge in [0, 0.05) is 43.3 Å². The minimum atomic E-state index is -1.22. The van der Waals surface area contributed by atoms with Crippen molar-refractivity contribution >= 4 is 17.5 Å². The molecule has 3 aliphatic heterocycles. The van der Waals surface area contributed by atoms with Crippen molar-refractivity contribution < 1.29 is 14.6 Å². The first kappa shape index (κ1) is 19.2. The van der Waals surface area contributed by atoms with Crippen molar-refractivity contribution in [2.24, 2.45) is 0 Å². The number of carbonyl (C=O) groups is 1. The minimum absolute atomic E-state index is 0.0334. The van der Waals surface area contributed by atoms with E-state index in [0.29, 0.717) is 25.5 Å². The zero-order valence-corrected chi connectivity index (χ0v) is 16.5. The van der Waals surface area contributed by atoms with E-state index in [1.165, 1.54) is 0 Å². The summed E-state index contributed by atoms with van der Waals surface area (Å²) in [7, 11) is 2.02. The maximum Gasteiger partial charge on any atom is 0.252 e. The number of morpholine rings is 1. The number of hydrogen-bond donors (Lipinski definition) is 2. The van der Waals surface area contributed by atoms with Gasteiger partial charge in [0.25, 0.3) is 5.91 Å². The Morgan fingerprint density at radius 3 is 2.67 bits per heavy atom. The van der Waals surface area contributed by atoms with E-state index in [4.69, 9.17) is 16.3 Å². The third-order valence-electron chi connectivity index (χ3n) is 6.23. The third kappa shape index (κ3) is 4.15. The number of piperidine rings is 1. The number of nitrogens with zero attached hydrogens (tertiary/aromatic N) is 2. The fourth-order valence-electron chi connectivity index (χ4n) is 4.39. The minimum Gasteiger partial charge on any atom is -0.380 e. The van der Waals surface area contributed by atoms with E-state index in [2.05, 4.69) is 15.1 Å². The van der Waals surface area contributed by atoms with E-state index in [-0.39, 0.29) is 18.1 Å². The predicted molar refractivity (Wildman–Crippen MR) is 104 cm³/mol. The Kier molecular flexibility index (Phi) is 5.45. The molecule has 3 saturated heterocycles. The van der Waals surface area contributed by atoms with Gasteiger partial charge in [0.15, 0.2) is 0 Å². The van der Waals surface area contributed by atoms with E-state index >= 15 is 0 Å². The molecule has 0 bridgehead atoms. The van der Waals surface area contributed by atoms with Crippen LogP contribution >= 0.6 is 11.6 Å². The van der Waals surface area contributed by atoms with E-state index < -0.39 is 5.60 Å². The summed E-state index contributed by atoms with van der Waals surface area (Å²) in [6.07, 6.45) is 1.90. The Labute approximate surface area is 165 Å². The number of fused-ring (bicyclic) bond motifs is 1. The number of ether oxygens (including phenoxy) is 1. The highest BCUT2D eigenvalue weighted by molar-refractivity contribution is 6.30. The van der Waals surface area contributed by atoms with Crippen LogP contribution in [0.1, 0.15) is 30.9 Å². The zero-order chi connectivity index (χ0) is 19.0. The van der Waals surface area contributed by atoms with Gasteiger partial charge in [-0.25, -0.2) is 0 Å². The first-order valence-corrected chi connectivity index (χ1v) is 10.1. The summed E-state index contributed by atoms with van der Waals surface area (Å²) in [6.45, 7) is 3.78. The summed E-state index contributed by atoms with van der Waals surface area (Å²) in [5, 5.41) is 14.5. The Bertz CT molecular complexity index is 676. The molecule has 2 N–H and O–H groups in total. The summed E-state index contributed by atoms with van der Waals surface area (Å²) in [6, 6.07) is 8.20. The number of halogens is 1. The van der Waals surface area contributed by atoms with Crippen LogP contribution in [-0.2, 0) is 9.53 Å². The standard InChI is InChI=1S/C20H28ClN3O3/c1-23-8-6-20(26,7-9-23)19(25)22-16-10-17-13-27-18(12-24(17)11-16)14-2-4-15(21)5-3-14/h2-5,16-18,26H,6-13H2,1H3,(H,22,25)/t16-,17-,18+/m0/s1. The molecule has 4 rings (SSSR count). The molecule has 148 valence electrons. The number of carbonyl (C=O) groups excluding carboxylic acids is 1. The van der Waals surface area contributed by atoms with Crippen LogP contribution in [-0.4, -0.2) is 78.3 Å². The van der Waals surface area contributed by atoms with Crippen molar-refractivity contribution in [2.45, 2.75) is 43.1 Å². The molecule has 1 aromatic rings. The monoisotopic (exact) mass is 393 g/mol. The molecule has 0 unspecified atom stereocenters. The van der Waals surface area contributed by atoms with Crippen LogP contribution in [0.15, 0.2) is 24.3 Å². The van der Waals surface area contributed by atoms with Crippen molar-refractivity contribution in [3.63, 3.8) is 0 Å². The first-order chi connectivity index (χ1) is 12.9. The van der Waals surface area contributed by atoms with Crippen LogP contribution in [0.4, 0.5) is 0 Å². The second kappa shape index (κ2) is 7.68. The first-order valence-electron chi connectivity index (χ1n) is 9.76. The highest BCUT2D eigenvalue weighted by atomic mass is 35.5. The highest BCUT2D eigenvalue weighted by Gasteiger charge is 2.43. The van der Waals surface area contributed by atoms with E-state index in [0.717, 1.165) is 43.2 Å². The van der Waals surface area contributed by atoms with Gasteiger partial charge < -0.3 is 20.1 Å². The van der Waals surface area contributed by atoms with Crippen molar-refractivity contribution in [1.29, 1.82) is 0 Å². The van der Waals surface area contributed by atoms with Crippen LogP contribution < -0.4 is 5.32 Å². The summed E-state index contributed by atoms with van der Waals surface area (Å²) >= 11 is 5.98. The molecule has 0 radical (unpaired) electrons. The number of aliphatic hydroxyl groups is 1. The lowest BCUT2D eigenvalue weighted by molar-refractivity contribution is -0.145. The molecule has 3 heterocycles. The van der Waals surface area contributed by atoms with Crippen LogP contribution in [0, 0.1) is 0 Å². The van der Waals surface area contributed by atoms with Gasteiger partial charge in [-0.05, 0) is 44.0 Å². The average molecular weight is 394 g/mol. The predicted octanol–water partition coefficient (Wildman–Crippen LogP) is 1.43. The lowest BCUT2D eigenvalue weighted by atomic mass is 9.90. The molecule has 6 nitrogen and oxygen atoms in total. The summed E-state index contributed by atoms with van der Waals surface area (Å²) in [5.74, 6) is -0.212. The topological polar surface area (TPSA) is 65.0 Å². The summed E-state index contributed by atoms with van der Waals surface area (Å²) in [5.41, 5.74) is -0.0937. The number of benzene rings is 1. The van der Waals surface area contributed by atoms with Crippen LogP contribution in [0.2, 0.25) is 5.02 Å². The quantitative estimate of drug-likeness (QED) is 0.813. The van der Waals surface area contributed by atoms with Gasteiger partial charge in [0.05, 0.1) is 12.7 Å². The second-order valence-corrected chi connectivity index (χ2v) is 8.66. The SMILES string of the molecule is CN1CCC(O)(C(=O)N[C@H]2C[C@H]3CO[C@@H](c4ccc(Cl)cc4)CN3C2)CC1. The van der Waals surface area contributed by atoms with Crippen LogP contribution in [0.25, 0.3) is 0 Å². The van der Waals surface area contributed by atoms with E-state index in [1.807, 2.05) is 31.3 Å². The van der Waals surface area contributed by atoms with Crippen molar-refractivity contribution in [2.75, 3.05) is 39.8 Å². The number of nitrogens with one attached hydrogen (secondary N) is 1. The molecule has 0 spiro atoms. The van der Waals surface area contributed by atoms with E-state index in [1.54, 1.807) is 0 Å². The largest absolute Gasteiger partial charge is 0.380 e. The number of rotatable bonds is 3. The Morgan fingerprint density at radius 2 is 1.96 bits per heavy atom. The third-order valence-corrected chi connectivity index (χ3v) is 6.48. The lowest BCUT2D eigenvalue weighted by Gasteiger charge is -2.36. The number of hydrogen-bond acceptors (Lipinski definition) is 5. The summed E-state index contributed by atoms with van der Waals surface area (Å²) in [4.78, 5) is 17.2. The molecule has 7 heteroatoms. The Morgan fingerprint density at radius 1 is 1.26 bits per heavy atom. The number of amides is 1. The van der Waals surface area contributed by atoms with Gasteiger partial charge in [0.1, 0.15) is 5.60 Å². The highest BCUT2D eigenvalue weighted by Crippen LogP contribution is 2.31. The molecule has 0 aliphatic carbocycles. The van der Waals surface area contributed by atoms with E-state index in [9.17, 15) is 9.90 Å². The van der Waals surface area contributed by atoms with Crippen LogP contribution in [0.3, 0.4) is 0 Å². The molecule has 1 amide bonds. The van der Waals surface area contributed by atoms with Gasteiger partial charge in [0.2, 0.25) is 0 Å². The molecule has 3 atom stereocenters. The van der Waals surface area contributed by atoms with Crippen molar-refractivity contribution in [1.82, 2.24) is 15.1 Å². The van der Waals surface area contributed by atoms with Gasteiger partial charge in [-0.15, -0.1) is 0 Å². The van der Waals surface area contributed by atoms with Crippen LogP contribution in [0.5, 0.6) is 0 Å². The molecule has 27 heavy (non-hydrogen) atoms. The maximum atomic E-state index is 12.7. The van der Waals surface area contributed by atoms with Gasteiger partial charge in [-0.1, -0.05) is 23.7 Å². The Hall–Kier alpha value is -1.18. The van der Waals surface area contributed by atoms with Gasteiger partial charge in [-0.2, -0.15) is 0 Å². The molecule has 3 aliphatic rings. The number of likely N-dealkylation sites (tertiary alicyclic amines) is 1. The molecule has 0 aromatic heterocycles. The van der Waals surface area contributed by atoms with Crippen molar-refractivity contribution in [3.8, 4) is 0 Å². The molecule has 0 saturated carbocycles. The normalized spacial score (nSPS) is 31.4. The smallest absolute Gasteiger partial charge is 0.252 e. The van der Waals surface area contributed by atoms with Crippen molar-refractivity contribution in [3.05, 3.63) is 34.9 Å². The fraction of sp³-hybridized carbons (Fsp3) is 0.650. The lowest BCUT2D eigenvalue weighted by Crippen LogP contribution is -2.55. The Balaban J connectivity index is 1.33. The maximum absolute atomic E-state index is 12.7. The molecule has 3 fully saturated rings. The molecular weight excluding hydrogens is 366 g/mol. The molecule has 1 aromatic carbocycles. The fourth-order valence-corrected chi connectivity index (χ4v) is 4.52. The van der Waals surface area contributed by atoms with Gasteiger partial charge >= 0.3 is 0 Å². The molecular formula is C20H28ClN3O3. The second-order valence-electron chi connectivity index (χ2n) is 8.22. The van der Waals surface area contributed by atoms with Gasteiger partial charge in [-0.3, -0.25) is 9.69 Å².